The highest BCUT2D eigenvalue weighted by molar-refractivity contribution is 5.88. The monoisotopic (exact) mass is 390 g/mol. The zero-order valence-corrected chi connectivity index (χ0v) is 17.5. The van der Waals surface area contributed by atoms with E-state index in [1.54, 1.807) is 0 Å². The van der Waals surface area contributed by atoms with E-state index in [0.717, 1.165) is 36.2 Å². The molecule has 5 heteroatoms. The third kappa shape index (κ3) is 3.87. The molecule has 2 atom stereocenters. The average Bonchev–Trinajstić information content (AvgIpc) is 3.12. The molecule has 1 aliphatic heterocycles. The number of unbranched alkanes of at least 4 members (excludes halogenated alkanes) is 1. The molecule has 4 rings (SSSR count). The molecule has 2 aromatic carbocycles. The van der Waals surface area contributed by atoms with E-state index in [2.05, 4.69) is 69.9 Å². The molecule has 1 amide bonds. The number of carbonyl (C=O) groups is 1. The SMILES string of the molecule is CCCCNC(=O)[C@@H]1Cc2c([nH]c3ccccc23)C(c2ccc(N(C)C)cc2)N1. The zero-order chi connectivity index (χ0) is 20.4. The molecule has 0 aliphatic carbocycles. The van der Waals surface area contributed by atoms with E-state index < -0.39 is 0 Å². The van der Waals surface area contributed by atoms with Gasteiger partial charge in [-0.1, -0.05) is 43.7 Å². The van der Waals surface area contributed by atoms with Crippen LogP contribution >= 0.6 is 0 Å². The molecule has 5 nitrogen and oxygen atoms in total. The van der Waals surface area contributed by atoms with E-state index in [9.17, 15) is 4.79 Å². The Morgan fingerprint density at radius 2 is 1.90 bits per heavy atom. The van der Waals surface area contributed by atoms with Gasteiger partial charge in [-0.15, -0.1) is 0 Å². The Balaban J connectivity index is 1.70. The lowest BCUT2D eigenvalue weighted by Crippen LogP contribution is -2.50. The first kappa shape index (κ1) is 19.5. The van der Waals surface area contributed by atoms with Crippen LogP contribution in [0.25, 0.3) is 10.9 Å². The predicted octanol–water partition coefficient (Wildman–Crippen LogP) is 3.75. The predicted molar refractivity (Wildman–Crippen MR) is 119 cm³/mol. The number of para-hydroxylation sites is 1. The third-order valence-corrected chi connectivity index (χ3v) is 5.80. The van der Waals surface area contributed by atoms with Gasteiger partial charge in [-0.25, -0.2) is 0 Å². The summed E-state index contributed by atoms with van der Waals surface area (Å²) in [6, 6.07) is 16.7. The van der Waals surface area contributed by atoms with Gasteiger partial charge in [-0.3, -0.25) is 10.1 Å². The number of nitrogens with one attached hydrogen (secondary N) is 3. The molecule has 0 saturated carbocycles. The molecule has 1 unspecified atom stereocenters. The van der Waals surface area contributed by atoms with Crippen molar-refractivity contribution in [2.24, 2.45) is 0 Å². The third-order valence-electron chi connectivity index (χ3n) is 5.80. The van der Waals surface area contributed by atoms with Crippen LogP contribution in [0.15, 0.2) is 48.5 Å². The Kier molecular flexibility index (Phi) is 5.58. The summed E-state index contributed by atoms with van der Waals surface area (Å²) in [4.78, 5) is 18.6. The number of anilines is 1. The van der Waals surface area contributed by atoms with Gasteiger partial charge in [0.15, 0.2) is 0 Å². The number of fused-ring (bicyclic) bond motifs is 3. The summed E-state index contributed by atoms with van der Waals surface area (Å²) < 4.78 is 0. The molecule has 3 aromatic rings. The zero-order valence-electron chi connectivity index (χ0n) is 17.5. The quantitative estimate of drug-likeness (QED) is 0.562. The fourth-order valence-electron chi connectivity index (χ4n) is 4.14. The number of aromatic amines is 1. The first-order valence-electron chi connectivity index (χ1n) is 10.5. The number of aromatic nitrogens is 1. The fourth-order valence-corrected chi connectivity index (χ4v) is 4.14. The lowest BCUT2D eigenvalue weighted by Gasteiger charge is -2.31. The number of H-pyrrole nitrogens is 1. The van der Waals surface area contributed by atoms with Gasteiger partial charge < -0.3 is 15.2 Å². The van der Waals surface area contributed by atoms with Crippen LogP contribution < -0.4 is 15.5 Å². The number of rotatable bonds is 6. The summed E-state index contributed by atoms with van der Waals surface area (Å²) in [7, 11) is 4.08. The maximum atomic E-state index is 12.9. The highest BCUT2D eigenvalue weighted by Crippen LogP contribution is 2.35. The standard InChI is InChI=1S/C24H30N4O/c1-4-5-14-25-24(29)21-15-19-18-8-6-7-9-20(18)26-23(19)22(27-21)16-10-12-17(13-11-16)28(2)3/h6-13,21-22,26-27H,4-5,14-15H2,1-3H3,(H,25,29)/t21-,22?/m0/s1. The summed E-state index contributed by atoms with van der Waals surface area (Å²) in [5.74, 6) is 0.0873. The van der Waals surface area contributed by atoms with E-state index in [4.69, 9.17) is 0 Å². The van der Waals surface area contributed by atoms with Gasteiger partial charge in [0.1, 0.15) is 0 Å². The Morgan fingerprint density at radius 3 is 2.62 bits per heavy atom. The topological polar surface area (TPSA) is 60.2 Å². The highest BCUT2D eigenvalue weighted by atomic mass is 16.2. The average molecular weight is 391 g/mol. The van der Waals surface area contributed by atoms with Gasteiger partial charge in [-0.05, 0) is 42.2 Å². The summed E-state index contributed by atoms with van der Waals surface area (Å²) in [6.45, 7) is 2.87. The maximum absolute atomic E-state index is 12.9. The smallest absolute Gasteiger partial charge is 0.237 e. The van der Waals surface area contributed by atoms with Crippen molar-refractivity contribution >= 4 is 22.5 Å². The molecule has 0 saturated heterocycles. The molecule has 0 bridgehead atoms. The minimum atomic E-state index is -0.239. The normalized spacial score (nSPS) is 18.4. The summed E-state index contributed by atoms with van der Waals surface area (Å²) in [5.41, 5.74) is 5.86. The second-order valence-electron chi connectivity index (χ2n) is 8.05. The van der Waals surface area contributed by atoms with Gasteiger partial charge in [0, 0.05) is 42.9 Å². The van der Waals surface area contributed by atoms with Gasteiger partial charge in [0.05, 0.1) is 12.1 Å². The Morgan fingerprint density at radius 1 is 1.14 bits per heavy atom. The number of hydrogen-bond donors (Lipinski definition) is 3. The van der Waals surface area contributed by atoms with Crippen molar-refractivity contribution in [1.29, 1.82) is 0 Å². The molecule has 29 heavy (non-hydrogen) atoms. The largest absolute Gasteiger partial charge is 0.378 e. The van der Waals surface area contributed by atoms with E-state index >= 15 is 0 Å². The molecule has 0 fully saturated rings. The van der Waals surface area contributed by atoms with Gasteiger partial charge in [0.2, 0.25) is 5.91 Å². The molecule has 1 aromatic heterocycles. The lowest BCUT2D eigenvalue weighted by atomic mass is 9.90. The van der Waals surface area contributed by atoms with Crippen molar-refractivity contribution in [3.05, 3.63) is 65.4 Å². The number of carbonyl (C=O) groups excluding carboxylic acids is 1. The highest BCUT2D eigenvalue weighted by Gasteiger charge is 2.33. The van der Waals surface area contributed by atoms with Gasteiger partial charge in [0.25, 0.3) is 0 Å². The minimum Gasteiger partial charge on any atom is -0.378 e. The summed E-state index contributed by atoms with van der Waals surface area (Å²) >= 11 is 0. The number of hydrogen-bond acceptors (Lipinski definition) is 3. The molecular weight excluding hydrogens is 360 g/mol. The van der Waals surface area contributed by atoms with Crippen LogP contribution in [0.3, 0.4) is 0 Å². The summed E-state index contributed by atoms with van der Waals surface area (Å²) in [5, 5.41) is 7.92. The van der Waals surface area contributed by atoms with Crippen molar-refractivity contribution in [2.75, 3.05) is 25.5 Å². The molecule has 1 aliphatic rings. The van der Waals surface area contributed by atoms with E-state index in [1.807, 2.05) is 20.2 Å². The molecule has 3 N–H and O–H groups in total. The Labute approximate surface area is 172 Å². The molecule has 0 spiro atoms. The second kappa shape index (κ2) is 8.29. The van der Waals surface area contributed by atoms with Crippen LogP contribution in [-0.2, 0) is 11.2 Å². The second-order valence-corrected chi connectivity index (χ2v) is 8.05. The van der Waals surface area contributed by atoms with Crippen LogP contribution in [0.4, 0.5) is 5.69 Å². The van der Waals surface area contributed by atoms with Crippen LogP contribution in [0.5, 0.6) is 0 Å². The van der Waals surface area contributed by atoms with Crippen LogP contribution in [0, 0.1) is 0 Å². The van der Waals surface area contributed by atoms with Crippen molar-refractivity contribution in [1.82, 2.24) is 15.6 Å². The summed E-state index contributed by atoms with van der Waals surface area (Å²) in [6.07, 6.45) is 2.78. The maximum Gasteiger partial charge on any atom is 0.237 e. The number of benzene rings is 2. The first-order chi connectivity index (χ1) is 14.1. The van der Waals surface area contributed by atoms with Gasteiger partial charge >= 0.3 is 0 Å². The molecule has 152 valence electrons. The molecular formula is C24H30N4O. The van der Waals surface area contributed by atoms with Crippen LogP contribution in [-0.4, -0.2) is 37.6 Å². The van der Waals surface area contributed by atoms with Crippen LogP contribution in [0.2, 0.25) is 0 Å². The Hall–Kier alpha value is -2.79. The van der Waals surface area contributed by atoms with E-state index in [-0.39, 0.29) is 18.0 Å². The van der Waals surface area contributed by atoms with Crippen molar-refractivity contribution in [3.63, 3.8) is 0 Å². The minimum absolute atomic E-state index is 0.0377. The lowest BCUT2D eigenvalue weighted by molar-refractivity contribution is -0.123. The number of nitrogens with zero attached hydrogens (tertiary/aromatic N) is 1. The first-order valence-corrected chi connectivity index (χ1v) is 10.5. The van der Waals surface area contributed by atoms with Crippen molar-refractivity contribution in [2.45, 2.75) is 38.3 Å². The fraction of sp³-hybridized carbons (Fsp3) is 0.375. The van der Waals surface area contributed by atoms with E-state index in [0.29, 0.717) is 6.42 Å². The molecule has 2 heterocycles. The molecule has 0 radical (unpaired) electrons. The van der Waals surface area contributed by atoms with Gasteiger partial charge in [-0.2, -0.15) is 0 Å². The van der Waals surface area contributed by atoms with E-state index in [1.165, 1.54) is 16.6 Å². The number of amides is 1. The van der Waals surface area contributed by atoms with Crippen molar-refractivity contribution < 1.29 is 4.79 Å². The van der Waals surface area contributed by atoms with Crippen LogP contribution in [0.1, 0.15) is 42.6 Å². The van der Waals surface area contributed by atoms with Crippen molar-refractivity contribution in [3.8, 4) is 0 Å². The Bertz CT molecular complexity index is 990.